The van der Waals surface area contributed by atoms with Crippen molar-refractivity contribution in [1.82, 2.24) is 5.32 Å². The summed E-state index contributed by atoms with van der Waals surface area (Å²) >= 11 is 0. The van der Waals surface area contributed by atoms with Gasteiger partial charge in [-0.1, -0.05) is 13.8 Å². The third-order valence-electron chi connectivity index (χ3n) is 3.24. The molecule has 1 saturated heterocycles. The molecule has 5 heteroatoms. The van der Waals surface area contributed by atoms with Crippen LogP contribution in [0, 0.1) is 11.8 Å². The number of hydrogen-bond acceptors (Lipinski definition) is 3. The van der Waals surface area contributed by atoms with Gasteiger partial charge in [-0.05, 0) is 19.3 Å². The lowest BCUT2D eigenvalue weighted by molar-refractivity contribution is -0.138. The molecule has 1 amide bonds. The lowest BCUT2D eigenvalue weighted by Crippen LogP contribution is -2.44. The highest BCUT2D eigenvalue weighted by Crippen LogP contribution is 2.21. The summed E-state index contributed by atoms with van der Waals surface area (Å²) in [7, 11) is 0. The lowest BCUT2D eigenvalue weighted by atomic mass is 9.97. The molecule has 1 rings (SSSR count). The molecule has 0 aromatic carbocycles. The summed E-state index contributed by atoms with van der Waals surface area (Å²) < 4.78 is 5.33. The van der Waals surface area contributed by atoms with Crippen molar-refractivity contribution in [3.63, 3.8) is 0 Å². The van der Waals surface area contributed by atoms with E-state index in [1.807, 2.05) is 20.8 Å². The van der Waals surface area contributed by atoms with E-state index in [0.29, 0.717) is 13.0 Å². The third kappa shape index (κ3) is 4.00. The van der Waals surface area contributed by atoms with Gasteiger partial charge in [-0.3, -0.25) is 9.59 Å². The first kappa shape index (κ1) is 14.0. The second-order valence-electron chi connectivity index (χ2n) is 4.93. The van der Waals surface area contributed by atoms with Gasteiger partial charge in [-0.25, -0.2) is 0 Å². The van der Waals surface area contributed by atoms with Crippen LogP contribution in [0.25, 0.3) is 0 Å². The molecule has 98 valence electrons. The van der Waals surface area contributed by atoms with Crippen LogP contribution in [0.15, 0.2) is 0 Å². The van der Waals surface area contributed by atoms with E-state index in [9.17, 15) is 9.59 Å². The van der Waals surface area contributed by atoms with Crippen molar-refractivity contribution in [2.45, 2.75) is 45.8 Å². The number of amides is 1. The van der Waals surface area contributed by atoms with Gasteiger partial charge in [0, 0.05) is 12.6 Å². The van der Waals surface area contributed by atoms with Crippen LogP contribution in [-0.2, 0) is 14.3 Å². The van der Waals surface area contributed by atoms with Crippen molar-refractivity contribution < 1.29 is 19.4 Å². The highest BCUT2D eigenvalue weighted by Gasteiger charge is 2.32. The Morgan fingerprint density at radius 3 is 2.53 bits per heavy atom. The minimum atomic E-state index is -0.889. The van der Waals surface area contributed by atoms with Gasteiger partial charge in [0.25, 0.3) is 0 Å². The van der Waals surface area contributed by atoms with Crippen LogP contribution in [0.1, 0.15) is 33.6 Å². The summed E-state index contributed by atoms with van der Waals surface area (Å²) in [5.74, 6) is -1.02. The first-order chi connectivity index (χ1) is 7.91. The molecule has 0 radical (unpaired) electrons. The SMILES string of the molecule is CC(C)C(CC(=O)O)NC(=O)C1CCOC1C. The van der Waals surface area contributed by atoms with E-state index in [1.54, 1.807) is 0 Å². The van der Waals surface area contributed by atoms with E-state index < -0.39 is 5.97 Å². The summed E-state index contributed by atoms with van der Waals surface area (Å²) in [4.78, 5) is 22.7. The van der Waals surface area contributed by atoms with Gasteiger partial charge in [0.05, 0.1) is 18.4 Å². The van der Waals surface area contributed by atoms with Crippen molar-refractivity contribution in [2.75, 3.05) is 6.61 Å². The second-order valence-corrected chi connectivity index (χ2v) is 4.93. The van der Waals surface area contributed by atoms with Gasteiger partial charge in [0.2, 0.25) is 5.91 Å². The summed E-state index contributed by atoms with van der Waals surface area (Å²) in [5.41, 5.74) is 0. The van der Waals surface area contributed by atoms with Gasteiger partial charge in [-0.2, -0.15) is 0 Å². The van der Waals surface area contributed by atoms with E-state index in [-0.39, 0.29) is 36.3 Å². The average Bonchev–Trinajstić information content (AvgIpc) is 2.62. The quantitative estimate of drug-likeness (QED) is 0.756. The summed E-state index contributed by atoms with van der Waals surface area (Å²) in [6.07, 6.45) is 0.601. The zero-order valence-corrected chi connectivity index (χ0v) is 10.6. The molecule has 0 aliphatic carbocycles. The van der Waals surface area contributed by atoms with Crippen LogP contribution in [0.5, 0.6) is 0 Å². The fourth-order valence-electron chi connectivity index (χ4n) is 2.01. The van der Waals surface area contributed by atoms with Gasteiger partial charge < -0.3 is 15.2 Å². The number of carboxylic acid groups (broad SMARTS) is 1. The van der Waals surface area contributed by atoms with Crippen LogP contribution < -0.4 is 5.32 Å². The number of carbonyl (C=O) groups is 2. The van der Waals surface area contributed by atoms with Gasteiger partial charge in [0.15, 0.2) is 0 Å². The van der Waals surface area contributed by atoms with E-state index >= 15 is 0 Å². The summed E-state index contributed by atoms with van der Waals surface area (Å²) in [5, 5.41) is 11.6. The Balaban J connectivity index is 2.54. The van der Waals surface area contributed by atoms with E-state index in [2.05, 4.69) is 5.32 Å². The van der Waals surface area contributed by atoms with Crippen LogP contribution in [0.3, 0.4) is 0 Å². The van der Waals surface area contributed by atoms with E-state index in [4.69, 9.17) is 9.84 Å². The Bertz CT molecular complexity index is 290. The molecule has 3 atom stereocenters. The maximum atomic E-state index is 12.0. The Kier molecular flexibility index (Phi) is 4.93. The normalized spacial score (nSPS) is 25.9. The summed E-state index contributed by atoms with van der Waals surface area (Å²) in [6.45, 7) is 6.29. The topological polar surface area (TPSA) is 75.6 Å². The number of carboxylic acids is 1. The largest absolute Gasteiger partial charge is 0.481 e. The molecule has 1 heterocycles. The third-order valence-corrected chi connectivity index (χ3v) is 3.24. The fourth-order valence-corrected chi connectivity index (χ4v) is 2.01. The number of carbonyl (C=O) groups excluding carboxylic acids is 1. The molecule has 0 spiro atoms. The predicted molar refractivity (Wildman–Crippen MR) is 62.5 cm³/mol. The number of aliphatic carboxylic acids is 1. The minimum absolute atomic E-state index is 0.0363. The average molecular weight is 243 g/mol. The maximum Gasteiger partial charge on any atom is 0.305 e. The van der Waals surface area contributed by atoms with Crippen molar-refractivity contribution in [3.8, 4) is 0 Å². The Morgan fingerprint density at radius 1 is 1.47 bits per heavy atom. The molecule has 2 N–H and O–H groups in total. The van der Waals surface area contributed by atoms with E-state index in [1.165, 1.54) is 0 Å². The molecule has 17 heavy (non-hydrogen) atoms. The van der Waals surface area contributed by atoms with Crippen LogP contribution in [-0.4, -0.2) is 35.7 Å². The number of ether oxygens (including phenoxy) is 1. The summed E-state index contributed by atoms with van der Waals surface area (Å²) in [6, 6.07) is -0.312. The highest BCUT2D eigenvalue weighted by atomic mass is 16.5. The number of rotatable bonds is 5. The number of nitrogens with one attached hydrogen (secondary N) is 1. The van der Waals surface area contributed by atoms with Crippen molar-refractivity contribution >= 4 is 11.9 Å². The van der Waals surface area contributed by atoms with Crippen LogP contribution in [0.2, 0.25) is 0 Å². The molecule has 3 unspecified atom stereocenters. The molecular formula is C12H21NO4. The van der Waals surface area contributed by atoms with Crippen molar-refractivity contribution in [3.05, 3.63) is 0 Å². The molecular weight excluding hydrogens is 222 g/mol. The molecule has 1 fully saturated rings. The zero-order valence-electron chi connectivity index (χ0n) is 10.6. The monoisotopic (exact) mass is 243 g/mol. The second kappa shape index (κ2) is 6.00. The van der Waals surface area contributed by atoms with Crippen LogP contribution >= 0.6 is 0 Å². The smallest absolute Gasteiger partial charge is 0.305 e. The Hall–Kier alpha value is -1.10. The molecule has 0 saturated carbocycles. The molecule has 5 nitrogen and oxygen atoms in total. The highest BCUT2D eigenvalue weighted by molar-refractivity contribution is 5.80. The molecule has 0 bridgehead atoms. The lowest BCUT2D eigenvalue weighted by Gasteiger charge is -2.23. The van der Waals surface area contributed by atoms with Gasteiger partial charge >= 0.3 is 5.97 Å². The van der Waals surface area contributed by atoms with Gasteiger partial charge in [0.1, 0.15) is 0 Å². The minimum Gasteiger partial charge on any atom is -0.481 e. The molecule has 0 aromatic heterocycles. The Labute approximate surface area is 102 Å². The predicted octanol–water partition coefficient (Wildman–Crippen LogP) is 1.03. The molecule has 1 aliphatic heterocycles. The molecule has 0 aromatic rings. The molecule has 1 aliphatic rings. The first-order valence-corrected chi connectivity index (χ1v) is 6.05. The van der Waals surface area contributed by atoms with Crippen LogP contribution in [0.4, 0.5) is 0 Å². The zero-order chi connectivity index (χ0) is 13.0. The maximum absolute atomic E-state index is 12.0. The van der Waals surface area contributed by atoms with E-state index in [0.717, 1.165) is 0 Å². The number of hydrogen-bond donors (Lipinski definition) is 2. The van der Waals surface area contributed by atoms with Crippen molar-refractivity contribution in [2.24, 2.45) is 11.8 Å². The first-order valence-electron chi connectivity index (χ1n) is 6.05. The fraction of sp³-hybridized carbons (Fsp3) is 0.833. The van der Waals surface area contributed by atoms with Gasteiger partial charge in [-0.15, -0.1) is 0 Å². The standard InChI is InChI=1S/C12H21NO4/c1-7(2)10(6-11(14)15)13-12(16)9-4-5-17-8(9)3/h7-10H,4-6H2,1-3H3,(H,13,16)(H,14,15). The Morgan fingerprint density at radius 2 is 2.12 bits per heavy atom. The van der Waals surface area contributed by atoms with Crippen molar-refractivity contribution in [1.29, 1.82) is 0 Å².